The van der Waals surface area contributed by atoms with Gasteiger partial charge in [-0.25, -0.2) is 0 Å². The maximum absolute atomic E-state index is 12.0. The van der Waals surface area contributed by atoms with Crippen LogP contribution in [-0.2, 0) is 14.1 Å². The lowest BCUT2D eigenvalue weighted by molar-refractivity contribution is -0.136. The Labute approximate surface area is 158 Å². The molecular weight excluding hydrogens is 359 g/mol. The first-order valence-corrected chi connectivity index (χ1v) is 9.52. The maximum atomic E-state index is 12.0. The molecule has 1 N–H and O–H groups in total. The number of carbonyl (C=O) groups is 2. The minimum absolute atomic E-state index is 0.00958. The first-order chi connectivity index (χ1) is 11.6. The Morgan fingerprint density at radius 1 is 1.20 bits per heavy atom. The molecule has 1 aliphatic rings. The molecule has 0 radical (unpaired) electrons. The average Bonchev–Trinajstić information content (AvgIpc) is 3.05. The Morgan fingerprint density at radius 2 is 1.80 bits per heavy atom. The van der Waals surface area contributed by atoms with Crippen molar-refractivity contribution in [2.24, 2.45) is 0 Å². The van der Waals surface area contributed by atoms with Crippen molar-refractivity contribution in [3.63, 3.8) is 0 Å². The van der Waals surface area contributed by atoms with Crippen molar-refractivity contribution in [1.82, 2.24) is 0 Å². The molecular formula is C17H23BO5S2. The summed E-state index contributed by atoms with van der Waals surface area (Å²) in [5, 5.41) is 8.68. The zero-order valence-corrected chi connectivity index (χ0v) is 16.6. The second kappa shape index (κ2) is 7.66. The predicted octanol–water partition coefficient (Wildman–Crippen LogP) is 3.74. The first kappa shape index (κ1) is 20.2. The molecule has 8 heteroatoms. The zero-order chi connectivity index (χ0) is 18.8. The van der Waals surface area contributed by atoms with E-state index in [4.69, 9.17) is 14.4 Å². The minimum Gasteiger partial charge on any atom is -0.481 e. The van der Waals surface area contributed by atoms with Crippen molar-refractivity contribution in [1.29, 1.82) is 0 Å². The van der Waals surface area contributed by atoms with E-state index in [0.717, 1.165) is 10.3 Å². The summed E-state index contributed by atoms with van der Waals surface area (Å²) in [5.41, 5.74) is 0.0357. The molecule has 0 amide bonds. The van der Waals surface area contributed by atoms with Crippen LogP contribution in [0.1, 0.15) is 55.1 Å². The molecule has 0 atom stereocenters. The van der Waals surface area contributed by atoms with Crippen LogP contribution in [-0.4, -0.2) is 40.9 Å². The SMILES string of the molecule is CC1(C)OB(C(=Cc2ccc(C(=O)CCC(=O)O)s2)CS)OC1(C)C. The quantitative estimate of drug-likeness (QED) is 0.427. The number of carboxylic acid groups (broad SMARTS) is 1. The number of Topliss-reactive ketones (excluding diaryl/α,β-unsaturated/α-hetero) is 1. The molecule has 0 aliphatic carbocycles. The van der Waals surface area contributed by atoms with Gasteiger partial charge in [0.25, 0.3) is 0 Å². The molecule has 0 unspecified atom stereocenters. The molecule has 5 nitrogen and oxygen atoms in total. The van der Waals surface area contributed by atoms with E-state index >= 15 is 0 Å². The summed E-state index contributed by atoms with van der Waals surface area (Å²) in [5.74, 6) is -0.657. The summed E-state index contributed by atoms with van der Waals surface area (Å²) in [6.07, 6.45) is 1.78. The van der Waals surface area contributed by atoms with Crippen LogP contribution in [0, 0.1) is 0 Å². The molecule has 1 aromatic rings. The Balaban J connectivity index is 2.13. The van der Waals surface area contributed by atoms with E-state index < -0.39 is 24.3 Å². The van der Waals surface area contributed by atoms with E-state index in [2.05, 4.69) is 12.6 Å². The monoisotopic (exact) mass is 382 g/mol. The smallest absolute Gasteiger partial charge is 0.481 e. The van der Waals surface area contributed by atoms with Gasteiger partial charge in [-0.2, -0.15) is 12.6 Å². The summed E-state index contributed by atoms with van der Waals surface area (Å²) in [6.45, 7) is 7.97. The number of hydrogen-bond donors (Lipinski definition) is 2. The van der Waals surface area contributed by atoms with E-state index in [9.17, 15) is 9.59 Å². The highest BCUT2D eigenvalue weighted by atomic mass is 32.1. The Morgan fingerprint density at radius 3 is 2.32 bits per heavy atom. The topological polar surface area (TPSA) is 72.8 Å². The fourth-order valence-electron chi connectivity index (χ4n) is 2.29. The molecule has 2 rings (SSSR count). The van der Waals surface area contributed by atoms with Gasteiger partial charge in [-0.05, 0) is 51.4 Å². The number of ketones is 1. The average molecular weight is 382 g/mol. The van der Waals surface area contributed by atoms with E-state index in [1.165, 1.54) is 11.3 Å². The van der Waals surface area contributed by atoms with Gasteiger partial charge in [-0.3, -0.25) is 9.59 Å². The summed E-state index contributed by atoms with van der Waals surface area (Å²) < 4.78 is 12.1. The van der Waals surface area contributed by atoms with Gasteiger partial charge >= 0.3 is 13.1 Å². The third-order valence-electron chi connectivity index (χ3n) is 4.53. The summed E-state index contributed by atoms with van der Waals surface area (Å²) >= 11 is 5.71. The van der Waals surface area contributed by atoms with Gasteiger partial charge in [-0.1, -0.05) is 0 Å². The highest BCUT2D eigenvalue weighted by molar-refractivity contribution is 7.80. The van der Waals surface area contributed by atoms with Crippen molar-refractivity contribution in [3.05, 3.63) is 27.4 Å². The van der Waals surface area contributed by atoms with Gasteiger partial charge in [0.1, 0.15) is 0 Å². The predicted molar refractivity (Wildman–Crippen MR) is 103 cm³/mol. The molecule has 1 fully saturated rings. The van der Waals surface area contributed by atoms with Crippen molar-refractivity contribution in [3.8, 4) is 0 Å². The number of thiol groups is 1. The number of carbonyl (C=O) groups excluding carboxylic acids is 1. The largest absolute Gasteiger partial charge is 0.491 e. The van der Waals surface area contributed by atoms with Crippen LogP contribution in [0.2, 0.25) is 0 Å². The number of hydrogen-bond acceptors (Lipinski definition) is 6. The van der Waals surface area contributed by atoms with Crippen LogP contribution in [0.25, 0.3) is 6.08 Å². The van der Waals surface area contributed by atoms with Crippen LogP contribution in [0.3, 0.4) is 0 Å². The summed E-state index contributed by atoms with van der Waals surface area (Å²) in [6, 6.07) is 3.56. The number of aliphatic carboxylic acids is 1. The lowest BCUT2D eigenvalue weighted by atomic mass is 9.79. The molecule has 25 heavy (non-hydrogen) atoms. The molecule has 1 saturated heterocycles. The molecule has 2 heterocycles. The second-order valence-electron chi connectivity index (χ2n) is 6.98. The van der Waals surface area contributed by atoms with Gasteiger partial charge in [-0.15, -0.1) is 11.3 Å². The molecule has 1 aromatic heterocycles. The third-order valence-corrected chi connectivity index (χ3v) is 5.97. The van der Waals surface area contributed by atoms with E-state index in [-0.39, 0.29) is 18.6 Å². The molecule has 136 valence electrons. The fraction of sp³-hybridized carbons (Fsp3) is 0.529. The van der Waals surface area contributed by atoms with Gasteiger partial charge in [0.15, 0.2) is 5.78 Å². The number of carboxylic acids is 1. The summed E-state index contributed by atoms with van der Waals surface area (Å²) in [4.78, 5) is 24.0. The van der Waals surface area contributed by atoms with Crippen molar-refractivity contribution in [2.75, 3.05) is 5.75 Å². The van der Waals surface area contributed by atoms with Crippen molar-refractivity contribution in [2.45, 2.75) is 51.7 Å². The second-order valence-corrected chi connectivity index (χ2v) is 8.42. The van der Waals surface area contributed by atoms with Crippen molar-refractivity contribution >= 4 is 48.9 Å². The van der Waals surface area contributed by atoms with Gasteiger partial charge in [0, 0.05) is 17.1 Å². The number of thiophene rings is 1. The molecule has 0 aromatic carbocycles. The normalized spacial score (nSPS) is 19.2. The standard InChI is InChI=1S/C17H23BO5S2/c1-16(2)17(3,4)23-18(22-16)11(10-24)9-12-5-7-14(25-12)13(19)6-8-15(20)21/h5,7,9,24H,6,8,10H2,1-4H3,(H,20,21). The van der Waals surface area contributed by atoms with Crippen LogP contribution in [0.4, 0.5) is 0 Å². The summed E-state index contributed by atoms with van der Waals surface area (Å²) in [7, 11) is -0.476. The molecule has 0 spiro atoms. The molecule has 1 aliphatic heterocycles. The maximum Gasteiger partial charge on any atom is 0.491 e. The van der Waals surface area contributed by atoms with Crippen LogP contribution in [0.5, 0.6) is 0 Å². The van der Waals surface area contributed by atoms with E-state index in [1.54, 1.807) is 6.07 Å². The van der Waals surface area contributed by atoms with E-state index in [1.807, 2.05) is 39.8 Å². The van der Waals surface area contributed by atoms with Crippen molar-refractivity contribution < 1.29 is 24.0 Å². The lowest BCUT2D eigenvalue weighted by Crippen LogP contribution is -2.41. The Kier molecular flexibility index (Phi) is 6.19. The number of rotatable bonds is 7. The third kappa shape index (κ3) is 4.75. The highest BCUT2D eigenvalue weighted by Crippen LogP contribution is 2.39. The zero-order valence-electron chi connectivity index (χ0n) is 14.9. The van der Waals surface area contributed by atoms with Crippen LogP contribution in [0.15, 0.2) is 17.6 Å². The lowest BCUT2D eigenvalue weighted by Gasteiger charge is -2.32. The van der Waals surface area contributed by atoms with Gasteiger partial charge < -0.3 is 14.4 Å². The molecule has 0 saturated carbocycles. The first-order valence-electron chi connectivity index (χ1n) is 8.07. The van der Waals surface area contributed by atoms with Gasteiger partial charge in [0.05, 0.1) is 22.5 Å². The van der Waals surface area contributed by atoms with E-state index in [0.29, 0.717) is 10.6 Å². The highest BCUT2D eigenvalue weighted by Gasteiger charge is 2.52. The van der Waals surface area contributed by atoms with Gasteiger partial charge in [0.2, 0.25) is 0 Å². The fourth-order valence-corrected chi connectivity index (χ4v) is 3.48. The Hall–Kier alpha value is -1.09. The van der Waals surface area contributed by atoms with Crippen LogP contribution >= 0.6 is 24.0 Å². The molecule has 0 bridgehead atoms. The minimum atomic E-state index is -0.969. The van der Waals surface area contributed by atoms with Crippen LogP contribution < -0.4 is 0 Å². The Bertz CT molecular complexity index is 677.